The lowest BCUT2D eigenvalue weighted by Crippen LogP contribution is -2.14. The lowest BCUT2D eigenvalue weighted by molar-refractivity contribution is 0.102. The van der Waals surface area contributed by atoms with E-state index in [1.807, 2.05) is 0 Å². The fraction of sp³-hybridized carbons (Fsp3) is 0.0625. The molecule has 8 heteroatoms. The Kier molecular flexibility index (Phi) is 4.18. The minimum Gasteiger partial charge on any atom is -0.495 e. The first kappa shape index (κ1) is 15.9. The normalized spacial score (nSPS) is 10.6. The van der Waals surface area contributed by atoms with Crippen molar-refractivity contribution in [3.05, 3.63) is 63.4 Å². The standard InChI is InChI=1S/C16H11ClFN3O3/c1-24-14-4-8(2-3-10(14)17)15(22)21-13-5-9-12(6-11(13)18)19-7-20-16(9)23/h2-7H,1H3,(H,21,22)(H,19,20,23). The van der Waals surface area contributed by atoms with E-state index >= 15 is 0 Å². The molecule has 0 spiro atoms. The number of hydrogen-bond acceptors (Lipinski definition) is 4. The summed E-state index contributed by atoms with van der Waals surface area (Å²) in [5.41, 5.74) is -0.123. The molecule has 1 amide bonds. The summed E-state index contributed by atoms with van der Waals surface area (Å²) >= 11 is 5.91. The number of fused-ring (bicyclic) bond motifs is 1. The molecule has 24 heavy (non-hydrogen) atoms. The zero-order valence-corrected chi connectivity index (χ0v) is 13.1. The van der Waals surface area contributed by atoms with E-state index in [0.29, 0.717) is 10.8 Å². The average Bonchev–Trinajstić information content (AvgIpc) is 2.56. The number of benzene rings is 2. The van der Waals surface area contributed by atoms with Crippen LogP contribution < -0.4 is 15.6 Å². The molecule has 2 N–H and O–H groups in total. The van der Waals surface area contributed by atoms with Gasteiger partial charge in [0.1, 0.15) is 11.6 Å². The molecule has 122 valence electrons. The molecule has 0 aliphatic heterocycles. The second kappa shape index (κ2) is 6.29. The third kappa shape index (κ3) is 2.93. The number of amides is 1. The molecule has 6 nitrogen and oxygen atoms in total. The number of carbonyl (C=O) groups is 1. The quantitative estimate of drug-likeness (QED) is 0.763. The smallest absolute Gasteiger partial charge is 0.258 e. The lowest BCUT2D eigenvalue weighted by atomic mass is 10.1. The van der Waals surface area contributed by atoms with Crippen LogP contribution in [0.4, 0.5) is 10.1 Å². The molecule has 0 fully saturated rings. The van der Waals surface area contributed by atoms with E-state index in [4.69, 9.17) is 16.3 Å². The van der Waals surface area contributed by atoms with Gasteiger partial charge in [-0.05, 0) is 24.3 Å². The van der Waals surface area contributed by atoms with Crippen molar-refractivity contribution in [2.75, 3.05) is 12.4 Å². The Hall–Kier alpha value is -2.93. The molecular formula is C16H11ClFN3O3. The summed E-state index contributed by atoms with van der Waals surface area (Å²) in [5.74, 6) is -0.942. The van der Waals surface area contributed by atoms with Crippen LogP contribution in [0.3, 0.4) is 0 Å². The maximum Gasteiger partial charge on any atom is 0.258 e. The van der Waals surface area contributed by atoms with Crippen molar-refractivity contribution in [1.82, 2.24) is 9.97 Å². The molecule has 1 aromatic heterocycles. The summed E-state index contributed by atoms with van der Waals surface area (Å²) in [4.78, 5) is 30.3. The summed E-state index contributed by atoms with van der Waals surface area (Å²) in [5, 5.41) is 2.94. The highest BCUT2D eigenvalue weighted by molar-refractivity contribution is 6.32. The lowest BCUT2D eigenvalue weighted by Gasteiger charge is -2.09. The van der Waals surface area contributed by atoms with Crippen LogP contribution in [0.15, 0.2) is 41.5 Å². The molecule has 0 radical (unpaired) electrons. The predicted octanol–water partition coefficient (Wildman–Crippen LogP) is 2.98. The number of halogens is 2. The highest BCUT2D eigenvalue weighted by atomic mass is 35.5. The molecule has 0 saturated carbocycles. The Balaban J connectivity index is 1.97. The number of aromatic amines is 1. The molecule has 0 unspecified atom stereocenters. The van der Waals surface area contributed by atoms with Crippen LogP contribution in [0.2, 0.25) is 5.02 Å². The first-order valence-electron chi connectivity index (χ1n) is 6.81. The summed E-state index contributed by atoms with van der Waals surface area (Å²) in [6.07, 6.45) is 1.18. The zero-order chi connectivity index (χ0) is 17.3. The molecule has 3 rings (SSSR count). The van der Waals surface area contributed by atoms with Crippen LogP contribution in [-0.4, -0.2) is 23.0 Å². The van der Waals surface area contributed by atoms with Gasteiger partial charge in [-0.1, -0.05) is 11.6 Å². The van der Waals surface area contributed by atoms with Crippen molar-refractivity contribution in [3.63, 3.8) is 0 Å². The molecule has 0 aliphatic carbocycles. The Morgan fingerprint density at radius 1 is 1.33 bits per heavy atom. The minimum absolute atomic E-state index is 0.125. The van der Waals surface area contributed by atoms with Crippen molar-refractivity contribution in [3.8, 4) is 5.75 Å². The highest BCUT2D eigenvalue weighted by Gasteiger charge is 2.14. The van der Waals surface area contributed by atoms with E-state index in [-0.39, 0.29) is 22.2 Å². The number of hydrogen-bond donors (Lipinski definition) is 2. The van der Waals surface area contributed by atoms with Crippen LogP contribution in [0.1, 0.15) is 10.4 Å². The summed E-state index contributed by atoms with van der Waals surface area (Å²) in [6.45, 7) is 0. The van der Waals surface area contributed by atoms with Crippen molar-refractivity contribution in [1.29, 1.82) is 0 Å². The van der Waals surface area contributed by atoms with Gasteiger partial charge in [-0.2, -0.15) is 0 Å². The van der Waals surface area contributed by atoms with Crippen LogP contribution in [0.25, 0.3) is 10.9 Å². The SMILES string of the molecule is COc1cc(C(=O)Nc2cc3c(=O)[nH]cnc3cc2F)ccc1Cl. The van der Waals surface area contributed by atoms with E-state index in [1.54, 1.807) is 0 Å². The van der Waals surface area contributed by atoms with Gasteiger partial charge in [-0.15, -0.1) is 0 Å². The number of aromatic nitrogens is 2. The molecule has 0 saturated heterocycles. The van der Waals surface area contributed by atoms with Gasteiger partial charge in [0.15, 0.2) is 0 Å². The van der Waals surface area contributed by atoms with Gasteiger partial charge in [0.05, 0.1) is 35.1 Å². The monoisotopic (exact) mass is 347 g/mol. The van der Waals surface area contributed by atoms with Crippen molar-refractivity contribution in [2.45, 2.75) is 0 Å². The van der Waals surface area contributed by atoms with Crippen LogP contribution >= 0.6 is 11.6 Å². The third-order valence-corrected chi connectivity index (χ3v) is 3.70. The fourth-order valence-corrected chi connectivity index (χ4v) is 2.38. The van der Waals surface area contributed by atoms with Crippen LogP contribution in [-0.2, 0) is 0 Å². The number of H-pyrrole nitrogens is 1. The molecular weight excluding hydrogens is 337 g/mol. The predicted molar refractivity (Wildman–Crippen MR) is 88.3 cm³/mol. The minimum atomic E-state index is -0.699. The number of methoxy groups -OCH3 is 1. The zero-order valence-electron chi connectivity index (χ0n) is 12.4. The first-order valence-corrected chi connectivity index (χ1v) is 7.19. The van der Waals surface area contributed by atoms with E-state index in [0.717, 1.165) is 6.07 Å². The molecule has 3 aromatic rings. The largest absolute Gasteiger partial charge is 0.495 e. The third-order valence-electron chi connectivity index (χ3n) is 3.39. The summed E-state index contributed by atoms with van der Waals surface area (Å²) < 4.78 is 19.2. The second-order valence-corrected chi connectivity index (χ2v) is 5.29. The summed E-state index contributed by atoms with van der Waals surface area (Å²) in [6, 6.07) is 6.74. The highest BCUT2D eigenvalue weighted by Crippen LogP contribution is 2.26. The number of nitrogens with one attached hydrogen (secondary N) is 2. The van der Waals surface area contributed by atoms with Gasteiger partial charge >= 0.3 is 0 Å². The van der Waals surface area contributed by atoms with E-state index in [9.17, 15) is 14.0 Å². The fourth-order valence-electron chi connectivity index (χ4n) is 2.18. The molecule has 1 heterocycles. The van der Waals surface area contributed by atoms with Crippen molar-refractivity contribution < 1.29 is 13.9 Å². The van der Waals surface area contributed by atoms with Crippen LogP contribution in [0, 0.1) is 5.82 Å². The number of anilines is 1. The Bertz CT molecular complexity index is 1000. The average molecular weight is 348 g/mol. The maximum absolute atomic E-state index is 14.1. The number of nitrogens with zero attached hydrogens (tertiary/aromatic N) is 1. The Morgan fingerprint density at radius 2 is 2.12 bits per heavy atom. The maximum atomic E-state index is 14.1. The summed E-state index contributed by atoms with van der Waals surface area (Å²) in [7, 11) is 1.42. The Labute approximate surface area is 140 Å². The second-order valence-electron chi connectivity index (χ2n) is 4.88. The Morgan fingerprint density at radius 3 is 2.88 bits per heavy atom. The van der Waals surface area contributed by atoms with Gasteiger partial charge in [-0.25, -0.2) is 9.37 Å². The van der Waals surface area contributed by atoms with Gasteiger partial charge in [-0.3, -0.25) is 9.59 Å². The molecule has 2 aromatic carbocycles. The number of carbonyl (C=O) groups excluding carboxylic acids is 1. The van der Waals surface area contributed by atoms with Crippen molar-refractivity contribution in [2.24, 2.45) is 0 Å². The van der Waals surface area contributed by atoms with E-state index < -0.39 is 17.3 Å². The number of rotatable bonds is 3. The van der Waals surface area contributed by atoms with Gasteiger partial charge in [0.25, 0.3) is 11.5 Å². The molecule has 0 atom stereocenters. The van der Waals surface area contributed by atoms with E-state index in [2.05, 4.69) is 15.3 Å². The van der Waals surface area contributed by atoms with Gasteiger partial charge in [0.2, 0.25) is 0 Å². The first-order chi connectivity index (χ1) is 11.5. The number of ether oxygens (including phenoxy) is 1. The molecule has 0 aliphatic rings. The van der Waals surface area contributed by atoms with Gasteiger partial charge in [0, 0.05) is 11.6 Å². The van der Waals surface area contributed by atoms with Crippen molar-refractivity contribution >= 4 is 34.1 Å². The molecule has 0 bridgehead atoms. The van der Waals surface area contributed by atoms with Gasteiger partial charge < -0.3 is 15.0 Å². The van der Waals surface area contributed by atoms with E-state index in [1.165, 1.54) is 37.7 Å². The topological polar surface area (TPSA) is 84.1 Å². The van der Waals surface area contributed by atoms with Crippen LogP contribution in [0.5, 0.6) is 5.75 Å².